The number of nitrogens with zero attached hydrogens (tertiary/aromatic N) is 2. The van der Waals surface area contributed by atoms with Crippen molar-refractivity contribution in [3.63, 3.8) is 0 Å². The quantitative estimate of drug-likeness (QED) is 0.362. The van der Waals surface area contributed by atoms with Crippen molar-refractivity contribution in [3.8, 4) is 22.6 Å². The fourth-order valence-electron chi connectivity index (χ4n) is 3.47. The van der Waals surface area contributed by atoms with Crippen LogP contribution in [0.25, 0.3) is 33.7 Å². The summed E-state index contributed by atoms with van der Waals surface area (Å²) < 4.78 is 5.29. The average Bonchev–Trinajstić information content (AvgIpc) is 3.38. The summed E-state index contributed by atoms with van der Waals surface area (Å²) in [7, 11) is 0. The van der Waals surface area contributed by atoms with E-state index < -0.39 is 0 Å². The summed E-state index contributed by atoms with van der Waals surface area (Å²) in [6, 6.07) is 22.5. The van der Waals surface area contributed by atoms with Crippen molar-refractivity contribution in [2.45, 2.75) is 6.92 Å². The molecule has 2 heterocycles. The molecule has 0 spiro atoms. The number of hydrogen-bond donors (Lipinski definition) is 2. The maximum Gasteiger partial charge on any atom is 0.261 e. The van der Waals surface area contributed by atoms with E-state index in [1.54, 1.807) is 19.1 Å². The van der Waals surface area contributed by atoms with Gasteiger partial charge in [-0.15, -0.1) is 0 Å². The van der Waals surface area contributed by atoms with Crippen molar-refractivity contribution in [2.24, 2.45) is 0 Å². The Morgan fingerprint density at radius 1 is 1.00 bits per heavy atom. The lowest BCUT2D eigenvalue weighted by Crippen LogP contribution is -2.13. The van der Waals surface area contributed by atoms with Crippen LogP contribution in [0.5, 0.6) is 0 Å². The van der Waals surface area contributed by atoms with Gasteiger partial charge in [-0.25, -0.2) is 4.98 Å². The highest BCUT2D eigenvalue weighted by Gasteiger charge is 2.23. The molecule has 5 rings (SSSR count). The first-order valence-electron chi connectivity index (χ1n) is 9.68. The second-order valence-electron chi connectivity index (χ2n) is 7.08. The van der Waals surface area contributed by atoms with Crippen molar-refractivity contribution in [3.05, 3.63) is 89.1 Å². The number of imidazole rings is 1. The highest BCUT2D eigenvalue weighted by Crippen LogP contribution is 2.31. The number of fused-ring (bicyclic) bond motifs is 1. The van der Waals surface area contributed by atoms with Crippen molar-refractivity contribution < 1.29 is 9.32 Å². The highest BCUT2D eigenvalue weighted by molar-refractivity contribution is 6.33. The van der Waals surface area contributed by atoms with Crippen molar-refractivity contribution in [1.29, 1.82) is 0 Å². The third kappa shape index (κ3) is 3.58. The van der Waals surface area contributed by atoms with Gasteiger partial charge in [-0.3, -0.25) is 4.79 Å². The van der Waals surface area contributed by atoms with Gasteiger partial charge in [-0.2, -0.15) is 0 Å². The maximum absolute atomic E-state index is 13.0. The minimum absolute atomic E-state index is 0.315. The third-order valence-electron chi connectivity index (χ3n) is 5.02. The maximum atomic E-state index is 13.0. The van der Waals surface area contributed by atoms with Crippen LogP contribution in [0.2, 0.25) is 5.02 Å². The molecule has 0 fully saturated rings. The SMILES string of the molecule is Cc1onc(-c2ccccc2Cl)c1C(=O)Nc1ccc(-c2nc3ccccc3[nH]2)cc1. The normalized spacial score (nSPS) is 11.0. The molecule has 6 nitrogen and oxygen atoms in total. The largest absolute Gasteiger partial charge is 0.360 e. The molecule has 1 amide bonds. The fraction of sp³-hybridized carbons (Fsp3) is 0.0417. The number of anilines is 1. The van der Waals surface area contributed by atoms with E-state index in [1.807, 2.05) is 60.7 Å². The van der Waals surface area contributed by atoms with E-state index >= 15 is 0 Å². The van der Waals surface area contributed by atoms with E-state index in [9.17, 15) is 4.79 Å². The highest BCUT2D eigenvalue weighted by atomic mass is 35.5. The Morgan fingerprint density at radius 2 is 1.74 bits per heavy atom. The lowest BCUT2D eigenvalue weighted by molar-refractivity contribution is 0.102. The van der Waals surface area contributed by atoms with Crippen molar-refractivity contribution in [2.75, 3.05) is 5.32 Å². The van der Waals surface area contributed by atoms with Gasteiger partial charge in [0, 0.05) is 16.8 Å². The summed E-state index contributed by atoms with van der Waals surface area (Å²) in [5.74, 6) is 0.881. The molecular formula is C24H17ClN4O2. The number of H-pyrrole nitrogens is 1. The molecule has 0 aliphatic heterocycles. The monoisotopic (exact) mass is 428 g/mol. The van der Waals surface area contributed by atoms with Crippen molar-refractivity contribution in [1.82, 2.24) is 15.1 Å². The van der Waals surface area contributed by atoms with E-state index in [2.05, 4.69) is 20.4 Å². The number of nitrogens with one attached hydrogen (secondary N) is 2. The Labute approximate surface area is 182 Å². The number of hydrogen-bond acceptors (Lipinski definition) is 4. The van der Waals surface area contributed by atoms with Crippen LogP contribution in [0.3, 0.4) is 0 Å². The zero-order valence-corrected chi connectivity index (χ0v) is 17.3. The second-order valence-corrected chi connectivity index (χ2v) is 7.48. The number of benzene rings is 3. The standard InChI is InChI=1S/C24H17ClN4O2/c1-14-21(22(29-31-14)17-6-2-3-7-18(17)25)24(30)26-16-12-10-15(11-13-16)23-27-19-8-4-5-9-20(19)28-23/h2-13H,1H3,(H,26,30)(H,27,28). The predicted molar refractivity (Wildman–Crippen MR) is 121 cm³/mol. The molecule has 0 saturated carbocycles. The summed E-state index contributed by atoms with van der Waals surface area (Å²) >= 11 is 6.29. The molecule has 5 aromatic rings. The summed E-state index contributed by atoms with van der Waals surface area (Å²) in [5.41, 5.74) is 4.87. The first-order valence-corrected chi connectivity index (χ1v) is 10.1. The molecule has 152 valence electrons. The van der Waals surface area contributed by atoms with Gasteiger partial charge in [0.1, 0.15) is 22.8 Å². The van der Waals surface area contributed by atoms with Gasteiger partial charge < -0.3 is 14.8 Å². The molecular weight excluding hydrogens is 412 g/mol. The smallest absolute Gasteiger partial charge is 0.261 e. The molecule has 0 aliphatic rings. The lowest BCUT2D eigenvalue weighted by Gasteiger charge is -2.07. The Hall–Kier alpha value is -3.90. The van der Waals surface area contributed by atoms with Crippen LogP contribution in [-0.2, 0) is 0 Å². The zero-order valence-electron chi connectivity index (χ0n) is 16.5. The molecule has 31 heavy (non-hydrogen) atoms. The number of rotatable bonds is 4. The summed E-state index contributed by atoms with van der Waals surface area (Å²) in [6.45, 7) is 1.70. The van der Waals surface area contributed by atoms with Crippen molar-refractivity contribution >= 4 is 34.2 Å². The number of carbonyl (C=O) groups is 1. The van der Waals surface area contributed by atoms with Gasteiger partial charge in [0.05, 0.1) is 16.1 Å². The molecule has 0 atom stereocenters. The molecule has 0 bridgehead atoms. The summed E-state index contributed by atoms with van der Waals surface area (Å²) in [5, 5.41) is 7.46. The van der Waals surface area contributed by atoms with Crippen LogP contribution in [0, 0.1) is 6.92 Å². The topological polar surface area (TPSA) is 83.8 Å². The minimum atomic E-state index is -0.315. The van der Waals surface area contributed by atoms with E-state index in [4.69, 9.17) is 16.1 Å². The number of para-hydroxylation sites is 2. The Kier molecular flexibility index (Phi) is 4.76. The van der Waals surface area contributed by atoms with E-state index in [1.165, 1.54) is 0 Å². The molecule has 0 unspecified atom stereocenters. The summed E-state index contributed by atoms with van der Waals surface area (Å²) in [6.07, 6.45) is 0. The van der Waals surface area contributed by atoms with Gasteiger partial charge >= 0.3 is 0 Å². The van der Waals surface area contributed by atoms with Gasteiger partial charge in [-0.1, -0.05) is 47.1 Å². The first kappa shape index (κ1) is 19.1. The molecule has 0 radical (unpaired) electrons. The van der Waals surface area contributed by atoms with Crippen LogP contribution in [0.1, 0.15) is 16.1 Å². The number of aromatic nitrogens is 3. The second kappa shape index (κ2) is 7.74. The van der Waals surface area contributed by atoms with Crippen LogP contribution < -0.4 is 5.32 Å². The molecule has 3 aromatic carbocycles. The van der Waals surface area contributed by atoms with Crippen LogP contribution >= 0.6 is 11.6 Å². The molecule has 2 aromatic heterocycles. The number of carbonyl (C=O) groups excluding carboxylic acids is 1. The first-order chi connectivity index (χ1) is 15.1. The number of halogens is 1. The fourth-order valence-corrected chi connectivity index (χ4v) is 3.70. The van der Waals surface area contributed by atoms with E-state index in [-0.39, 0.29) is 5.91 Å². The molecule has 0 saturated heterocycles. The van der Waals surface area contributed by atoms with Gasteiger partial charge in [-0.05, 0) is 49.4 Å². The van der Waals surface area contributed by atoms with E-state index in [0.717, 1.165) is 22.4 Å². The predicted octanol–water partition coefficient (Wildman–Crippen LogP) is 6.10. The van der Waals surface area contributed by atoms with Crippen LogP contribution in [-0.4, -0.2) is 21.0 Å². The summed E-state index contributed by atoms with van der Waals surface area (Å²) in [4.78, 5) is 20.9. The molecule has 7 heteroatoms. The Balaban J connectivity index is 1.40. The Bertz CT molecular complexity index is 1370. The third-order valence-corrected chi connectivity index (χ3v) is 5.35. The van der Waals surface area contributed by atoms with Crippen LogP contribution in [0.15, 0.2) is 77.3 Å². The lowest BCUT2D eigenvalue weighted by atomic mass is 10.1. The molecule has 0 aliphatic carbocycles. The van der Waals surface area contributed by atoms with Gasteiger partial charge in [0.2, 0.25) is 0 Å². The van der Waals surface area contributed by atoms with Gasteiger partial charge in [0.25, 0.3) is 5.91 Å². The zero-order chi connectivity index (χ0) is 21.4. The Morgan fingerprint density at radius 3 is 2.52 bits per heavy atom. The number of aromatic amines is 1. The number of aryl methyl sites for hydroxylation is 1. The van der Waals surface area contributed by atoms with Gasteiger partial charge in [0.15, 0.2) is 0 Å². The minimum Gasteiger partial charge on any atom is -0.360 e. The van der Waals surface area contributed by atoms with E-state index in [0.29, 0.717) is 33.3 Å². The molecule has 2 N–H and O–H groups in total. The average molecular weight is 429 g/mol. The number of amides is 1. The van der Waals surface area contributed by atoms with Crippen LogP contribution in [0.4, 0.5) is 5.69 Å².